The smallest absolute Gasteiger partial charge is 0.160 e. The Morgan fingerprint density at radius 2 is 1.00 bits per heavy atom. The third kappa shape index (κ3) is 5.73. The lowest BCUT2D eigenvalue weighted by molar-refractivity contribution is 0.669. The molecule has 0 atom stereocenters. The summed E-state index contributed by atoms with van der Waals surface area (Å²) in [5.74, 6) is 0.674. The van der Waals surface area contributed by atoms with Crippen LogP contribution in [0.3, 0.4) is 0 Å². The van der Waals surface area contributed by atoms with Crippen molar-refractivity contribution in [2.75, 3.05) is 0 Å². The van der Waals surface area contributed by atoms with E-state index in [4.69, 9.17) is 14.4 Å². The normalized spacial score (nSPS) is 11.4. The molecule has 4 nitrogen and oxygen atoms in total. The first-order chi connectivity index (χ1) is 26.2. The van der Waals surface area contributed by atoms with Crippen LogP contribution in [0.5, 0.6) is 0 Å². The van der Waals surface area contributed by atoms with Crippen LogP contribution in [0.25, 0.3) is 100.0 Å². The van der Waals surface area contributed by atoms with Crippen molar-refractivity contribution in [3.05, 3.63) is 188 Å². The Bertz CT molecular complexity index is 2940. The predicted molar refractivity (Wildman–Crippen MR) is 217 cm³/mol. The molecule has 3 heterocycles. The van der Waals surface area contributed by atoms with E-state index in [1.165, 1.54) is 16.3 Å². The Labute approximate surface area is 306 Å². The van der Waals surface area contributed by atoms with Crippen molar-refractivity contribution in [2.45, 2.75) is 0 Å². The molecule has 0 bridgehead atoms. The first kappa shape index (κ1) is 30.6. The second-order valence-corrected chi connectivity index (χ2v) is 13.3. The molecule has 4 heteroatoms. The molecule has 10 rings (SSSR count). The second kappa shape index (κ2) is 12.9. The van der Waals surface area contributed by atoms with Crippen LogP contribution in [-0.2, 0) is 0 Å². The van der Waals surface area contributed by atoms with Gasteiger partial charge in [0.25, 0.3) is 0 Å². The van der Waals surface area contributed by atoms with Crippen molar-refractivity contribution >= 4 is 32.7 Å². The van der Waals surface area contributed by atoms with Gasteiger partial charge in [-0.05, 0) is 93.2 Å². The van der Waals surface area contributed by atoms with E-state index < -0.39 is 0 Å². The fourth-order valence-corrected chi connectivity index (χ4v) is 7.33. The lowest BCUT2D eigenvalue weighted by atomic mass is 9.91. The lowest BCUT2D eigenvalue weighted by Gasteiger charge is -2.14. The van der Waals surface area contributed by atoms with Gasteiger partial charge < -0.3 is 4.42 Å². The molecule has 0 aliphatic heterocycles. The van der Waals surface area contributed by atoms with Gasteiger partial charge in [0.1, 0.15) is 11.2 Å². The molecule has 0 spiro atoms. The van der Waals surface area contributed by atoms with Gasteiger partial charge >= 0.3 is 0 Å². The molecule has 53 heavy (non-hydrogen) atoms. The van der Waals surface area contributed by atoms with Gasteiger partial charge in [0.05, 0.1) is 11.4 Å². The molecule has 248 valence electrons. The van der Waals surface area contributed by atoms with Crippen LogP contribution in [0.2, 0.25) is 0 Å². The summed E-state index contributed by atoms with van der Waals surface area (Å²) in [6.45, 7) is 0. The van der Waals surface area contributed by atoms with Crippen LogP contribution in [0.15, 0.2) is 193 Å². The maximum absolute atomic E-state index is 6.20. The molecule has 0 amide bonds. The highest BCUT2D eigenvalue weighted by Gasteiger charge is 2.16. The summed E-state index contributed by atoms with van der Waals surface area (Å²) in [5, 5.41) is 4.61. The molecular weight excluding hydrogens is 647 g/mol. The highest BCUT2D eigenvalue weighted by atomic mass is 16.3. The van der Waals surface area contributed by atoms with E-state index in [1.807, 2.05) is 42.6 Å². The maximum atomic E-state index is 6.20. The molecule has 3 aromatic heterocycles. The zero-order valence-electron chi connectivity index (χ0n) is 28.6. The number of rotatable bonds is 6. The Kier molecular flexibility index (Phi) is 7.43. The van der Waals surface area contributed by atoms with E-state index in [-0.39, 0.29) is 0 Å². The first-order valence-corrected chi connectivity index (χ1v) is 17.7. The number of fused-ring (bicyclic) bond motifs is 4. The van der Waals surface area contributed by atoms with Crippen LogP contribution in [-0.4, -0.2) is 15.0 Å². The van der Waals surface area contributed by atoms with Gasteiger partial charge in [0.15, 0.2) is 5.82 Å². The number of hydrogen-bond acceptors (Lipinski definition) is 4. The van der Waals surface area contributed by atoms with E-state index in [0.29, 0.717) is 5.82 Å². The van der Waals surface area contributed by atoms with Crippen LogP contribution in [0, 0.1) is 0 Å². The molecule has 0 saturated heterocycles. The van der Waals surface area contributed by atoms with Gasteiger partial charge in [-0.3, -0.25) is 4.98 Å². The van der Waals surface area contributed by atoms with E-state index in [0.717, 1.165) is 77.8 Å². The molecule has 0 aliphatic carbocycles. The van der Waals surface area contributed by atoms with Crippen LogP contribution in [0.4, 0.5) is 0 Å². The average molecular weight is 678 g/mol. The van der Waals surface area contributed by atoms with E-state index >= 15 is 0 Å². The Balaban J connectivity index is 1.20. The number of aromatic nitrogens is 3. The Morgan fingerprint density at radius 1 is 0.358 bits per heavy atom. The topological polar surface area (TPSA) is 51.8 Å². The molecule has 0 radical (unpaired) electrons. The third-order valence-electron chi connectivity index (χ3n) is 9.95. The molecule has 0 saturated carbocycles. The maximum Gasteiger partial charge on any atom is 0.160 e. The summed E-state index contributed by atoms with van der Waals surface area (Å²) in [6.07, 6.45) is 3.69. The minimum atomic E-state index is 0.674. The van der Waals surface area contributed by atoms with Crippen LogP contribution < -0.4 is 0 Å². The quantitative estimate of drug-likeness (QED) is 0.176. The minimum absolute atomic E-state index is 0.674. The fourth-order valence-electron chi connectivity index (χ4n) is 7.33. The zero-order chi connectivity index (χ0) is 35.1. The van der Waals surface area contributed by atoms with E-state index in [2.05, 4.69) is 145 Å². The van der Waals surface area contributed by atoms with Crippen LogP contribution >= 0.6 is 0 Å². The molecule has 0 fully saturated rings. The highest BCUT2D eigenvalue weighted by molar-refractivity contribution is 6.06. The van der Waals surface area contributed by atoms with Crippen molar-refractivity contribution in [1.29, 1.82) is 0 Å². The minimum Gasteiger partial charge on any atom is -0.456 e. The summed E-state index contributed by atoms with van der Waals surface area (Å²) in [7, 11) is 0. The number of furan rings is 1. The predicted octanol–water partition coefficient (Wildman–Crippen LogP) is 12.9. The van der Waals surface area contributed by atoms with Gasteiger partial charge in [-0.2, -0.15) is 0 Å². The Hall–Kier alpha value is -7.17. The molecular formula is C49H31N3O. The molecule has 0 N–H and O–H groups in total. The van der Waals surface area contributed by atoms with E-state index in [9.17, 15) is 0 Å². The molecule has 0 aliphatic rings. The van der Waals surface area contributed by atoms with Gasteiger partial charge in [-0.1, -0.05) is 121 Å². The van der Waals surface area contributed by atoms with E-state index in [1.54, 1.807) is 6.20 Å². The molecule has 0 unspecified atom stereocenters. The number of para-hydroxylation sites is 1. The zero-order valence-corrected chi connectivity index (χ0v) is 28.6. The molecule has 7 aromatic carbocycles. The SMILES string of the molecule is c1ccc(-c2nc(-c3cccc(-c4cccnc4)c3)cc(-c3cc(-c4ccc5oc6ccccc6c5c4)cc(-c4cccc5ccccc45)c3)n2)cc1. The average Bonchev–Trinajstić information content (AvgIpc) is 3.62. The fraction of sp³-hybridized carbons (Fsp3) is 0. The van der Waals surface area contributed by atoms with Crippen molar-refractivity contribution in [3.8, 4) is 67.3 Å². The highest BCUT2D eigenvalue weighted by Crippen LogP contribution is 2.39. The van der Waals surface area contributed by atoms with Gasteiger partial charge in [-0.15, -0.1) is 0 Å². The summed E-state index contributed by atoms with van der Waals surface area (Å²) in [6, 6.07) is 61.5. The molecule has 10 aromatic rings. The summed E-state index contributed by atoms with van der Waals surface area (Å²) < 4.78 is 6.20. The third-order valence-corrected chi connectivity index (χ3v) is 9.95. The lowest BCUT2D eigenvalue weighted by Crippen LogP contribution is -1.97. The number of hydrogen-bond donors (Lipinski definition) is 0. The Morgan fingerprint density at radius 3 is 1.89 bits per heavy atom. The summed E-state index contributed by atoms with van der Waals surface area (Å²) in [4.78, 5) is 14.8. The van der Waals surface area contributed by atoms with Crippen molar-refractivity contribution in [1.82, 2.24) is 15.0 Å². The first-order valence-electron chi connectivity index (χ1n) is 17.7. The largest absolute Gasteiger partial charge is 0.456 e. The van der Waals surface area contributed by atoms with Gasteiger partial charge in [0, 0.05) is 45.4 Å². The van der Waals surface area contributed by atoms with Crippen molar-refractivity contribution in [3.63, 3.8) is 0 Å². The number of benzene rings is 7. The monoisotopic (exact) mass is 677 g/mol. The van der Waals surface area contributed by atoms with Crippen molar-refractivity contribution < 1.29 is 4.42 Å². The van der Waals surface area contributed by atoms with Gasteiger partial charge in [0.2, 0.25) is 0 Å². The van der Waals surface area contributed by atoms with Crippen molar-refractivity contribution in [2.24, 2.45) is 0 Å². The second-order valence-electron chi connectivity index (χ2n) is 13.3. The van der Waals surface area contributed by atoms with Crippen LogP contribution in [0.1, 0.15) is 0 Å². The summed E-state index contributed by atoms with van der Waals surface area (Å²) in [5.41, 5.74) is 13.1. The van der Waals surface area contributed by atoms with Gasteiger partial charge in [-0.25, -0.2) is 9.97 Å². The summed E-state index contributed by atoms with van der Waals surface area (Å²) >= 11 is 0. The number of pyridine rings is 1. The standard InChI is InChI=1S/C49H31N3O/c1-2-12-33(13-3-1)49-51-45(36-16-8-15-34(25-36)37-17-10-24-50-31-37)30-46(52-49)40-27-38(26-39(28-40)42-20-9-14-32-11-4-5-18-41(32)42)35-22-23-48-44(29-35)43-19-6-7-21-47(43)53-48/h1-31H. The number of nitrogens with zero attached hydrogens (tertiary/aromatic N) is 3.